The van der Waals surface area contributed by atoms with Crippen molar-refractivity contribution in [3.63, 3.8) is 0 Å². The minimum Gasteiger partial charge on any atom is -0.507 e. The lowest BCUT2D eigenvalue weighted by molar-refractivity contribution is -0.135. The van der Waals surface area contributed by atoms with E-state index in [1.165, 1.54) is 12.1 Å². The summed E-state index contributed by atoms with van der Waals surface area (Å²) in [6.45, 7) is 0. The SMILES string of the molecule is O=C(O)C/C=C/c1ccc(Cl)cc1O. The Morgan fingerprint density at radius 3 is 2.79 bits per heavy atom. The van der Waals surface area contributed by atoms with Crippen molar-refractivity contribution in [1.82, 2.24) is 0 Å². The third-order valence-electron chi connectivity index (χ3n) is 1.58. The Kier molecular flexibility index (Phi) is 3.54. The second-order valence-electron chi connectivity index (χ2n) is 2.70. The van der Waals surface area contributed by atoms with Gasteiger partial charge in [0.25, 0.3) is 0 Å². The number of phenolic OH excluding ortho intramolecular Hbond substituents is 1. The van der Waals surface area contributed by atoms with Crippen LogP contribution in [0.5, 0.6) is 5.75 Å². The fourth-order valence-corrected chi connectivity index (χ4v) is 1.11. The van der Waals surface area contributed by atoms with E-state index in [2.05, 4.69) is 0 Å². The van der Waals surface area contributed by atoms with Gasteiger partial charge >= 0.3 is 5.97 Å². The average Bonchev–Trinajstić information content (AvgIpc) is 2.08. The predicted octanol–water partition coefficient (Wildman–Crippen LogP) is 2.53. The first-order valence-electron chi connectivity index (χ1n) is 3.96. The highest BCUT2D eigenvalue weighted by molar-refractivity contribution is 6.30. The van der Waals surface area contributed by atoms with Crippen LogP contribution in [0.3, 0.4) is 0 Å². The van der Waals surface area contributed by atoms with E-state index in [1.807, 2.05) is 0 Å². The van der Waals surface area contributed by atoms with E-state index in [-0.39, 0.29) is 12.2 Å². The number of halogens is 1. The minimum absolute atomic E-state index is 0.0409. The first kappa shape index (κ1) is 10.6. The van der Waals surface area contributed by atoms with Crippen LogP contribution < -0.4 is 0 Å². The summed E-state index contributed by atoms with van der Waals surface area (Å²) in [5.41, 5.74) is 0.552. The van der Waals surface area contributed by atoms with Crippen LogP contribution in [-0.4, -0.2) is 16.2 Å². The summed E-state index contributed by atoms with van der Waals surface area (Å²) in [6.07, 6.45) is 2.94. The molecule has 3 nitrogen and oxygen atoms in total. The van der Waals surface area contributed by atoms with Crippen molar-refractivity contribution in [3.8, 4) is 5.75 Å². The molecule has 0 heterocycles. The number of phenols is 1. The molecule has 1 aromatic rings. The number of carbonyl (C=O) groups is 1. The molecule has 0 spiro atoms. The van der Waals surface area contributed by atoms with Gasteiger partial charge in [-0.1, -0.05) is 23.8 Å². The maximum atomic E-state index is 10.2. The second-order valence-corrected chi connectivity index (χ2v) is 3.14. The zero-order chi connectivity index (χ0) is 10.6. The average molecular weight is 213 g/mol. The molecule has 0 aromatic heterocycles. The van der Waals surface area contributed by atoms with Crippen molar-refractivity contribution >= 4 is 23.6 Å². The summed E-state index contributed by atoms with van der Waals surface area (Å²) in [6, 6.07) is 4.65. The lowest BCUT2D eigenvalue weighted by Gasteiger charge is -1.98. The molecule has 14 heavy (non-hydrogen) atoms. The van der Waals surface area contributed by atoms with E-state index in [0.29, 0.717) is 10.6 Å². The van der Waals surface area contributed by atoms with Gasteiger partial charge in [-0.25, -0.2) is 0 Å². The molecule has 1 aromatic carbocycles. The summed E-state index contributed by atoms with van der Waals surface area (Å²) in [4.78, 5) is 10.2. The van der Waals surface area contributed by atoms with Crippen LogP contribution in [0.25, 0.3) is 6.08 Å². The Bertz CT molecular complexity index is 372. The molecular weight excluding hydrogens is 204 g/mol. The maximum absolute atomic E-state index is 10.2. The Morgan fingerprint density at radius 2 is 2.21 bits per heavy atom. The van der Waals surface area contributed by atoms with Crippen LogP contribution in [0, 0.1) is 0 Å². The van der Waals surface area contributed by atoms with Crippen molar-refractivity contribution in [2.24, 2.45) is 0 Å². The van der Waals surface area contributed by atoms with Crippen molar-refractivity contribution in [3.05, 3.63) is 34.9 Å². The standard InChI is InChI=1S/C10H9ClO3/c11-8-5-4-7(9(12)6-8)2-1-3-10(13)14/h1-2,4-6,12H,3H2,(H,13,14)/b2-1+. The van der Waals surface area contributed by atoms with Gasteiger partial charge in [-0.2, -0.15) is 0 Å². The summed E-state index contributed by atoms with van der Waals surface area (Å²) in [5.74, 6) is -0.867. The molecule has 0 amide bonds. The second kappa shape index (κ2) is 4.67. The van der Waals surface area contributed by atoms with E-state index >= 15 is 0 Å². The fraction of sp³-hybridized carbons (Fsp3) is 0.100. The van der Waals surface area contributed by atoms with Gasteiger partial charge in [0.2, 0.25) is 0 Å². The van der Waals surface area contributed by atoms with Gasteiger partial charge < -0.3 is 10.2 Å². The molecule has 0 unspecified atom stereocenters. The number of aliphatic carboxylic acids is 1. The number of aromatic hydroxyl groups is 1. The summed E-state index contributed by atoms with van der Waals surface area (Å²) in [7, 11) is 0. The van der Waals surface area contributed by atoms with Crippen molar-refractivity contribution in [2.75, 3.05) is 0 Å². The molecule has 0 bridgehead atoms. The van der Waals surface area contributed by atoms with Gasteiger partial charge in [0.05, 0.1) is 6.42 Å². The van der Waals surface area contributed by atoms with Crippen LogP contribution in [-0.2, 0) is 4.79 Å². The quantitative estimate of drug-likeness (QED) is 0.810. The molecule has 0 aliphatic rings. The normalized spacial score (nSPS) is 10.6. The van der Waals surface area contributed by atoms with Crippen LogP contribution >= 0.6 is 11.6 Å². The van der Waals surface area contributed by atoms with E-state index in [4.69, 9.17) is 16.7 Å². The van der Waals surface area contributed by atoms with E-state index < -0.39 is 5.97 Å². The molecule has 0 fully saturated rings. The summed E-state index contributed by atoms with van der Waals surface area (Å²) < 4.78 is 0. The highest BCUT2D eigenvalue weighted by atomic mass is 35.5. The number of carboxylic acids is 1. The topological polar surface area (TPSA) is 57.5 Å². The lowest BCUT2D eigenvalue weighted by Crippen LogP contribution is -1.89. The Balaban J connectivity index is 2.76. The summed E-state index contributed by atoms with van der Waals surface area (Å²) in [5, 5.41) is 18.2. The van der Waals surface area contributed by atoms with Gasteiger partial charge in [0, 0.05) is 10.6 Å². The highest BCUT2D eigenvalue weighted by Gasteiger charge is 1.98. The van der Waals surface area contributed by atoms with Crippen molar-refractivity contribution < 1.29 is 15.0 Å². The van der Waals surface area contributed by atoms with Gasteiger partial charge in [-0.05, 0) is 18.2 Å². The fourth-order valence-electron chi connectivity index (χ4n) is 0.944. The minimum atomic E-state index is -0.908. The van der Waals surface area contributed by atoms with Gasteiger partial charge in [0.1, 0.15) is 5.75 Å². The van der Waals surface area contributed by atoms with Crippen molar-refractivity contribution in [1.29, 1.82) is 0 Å². The molecule has 0 atom stereocenters. The van der Waals surface area contributed by atoms with E-state index in [1.54, 1.807) is 18.2 Å². The van der Waals surface area contributed by atoms with Crippen LogP contribution in [0.1, 0.15) is 12.0 Å². The van der Waals surface area contributed by atoms with Gasteiger partial charge in [0.15, 0.2) is 0 Å². The van der Waals surface area contributed by atoms with E-state index in [0.717, 1.165) is 0 Å². The molecule has 74 valence electrons. The zero-order valence-corrected chi connectivity index (χ0v) is 8.03. The predicted molar refractivity (Wildman–Crippen MR) is 54.4 cm³/mol. The van der Waals surface area contributed by atoms with Gasteiger partial charge in [-0.3, -0.25) is 4.79 Å². The highest BCUT2D eigenvalue weighted by Crippen LogP contribution is 2.22. The first-order chi connectivity index (χ1) is 6.59. The zero-order valence-electron chi connectivity index (χ0n) is 7.27. The molecule has 4 heteroatoms. The maximum Gasteiger partial charge on any atom is 0.307 e. The molecular formula is C10H9ClO3. The number of rotatable bonds is 3. The van der Waals surface area contributed by atoms with Crippen LogP contribution in [0.2, 0.25) is 5.02 Å². The van der Waals surface area contributed by atoms with E-state index in [9.17, 15) is 9.90 Å². The van der Waals surface area contributed by atoms with Crippen molar-refractivity contribution in [2.45, 2.75) is 6.42 Å². The number of benzene rings is 1. The lowest BCUT2D eigenvalue weighted by atomic mass is 10.2. The monoisotopic (exact) mass is 212 g/mol. The van der Waals surface area contributed by atoms with Gasteiger partial charge in [-0.15, -0.1) is 0 Å². The third-order valence-corrected chi connectivity index (χ3v) is 1.82. The summed E-state index contributed by atoms with van der Waals surface area (Å²) >= 11 is 5.62. The molecule has 0 aliphatic carbocycles. The number of hydrogen-bond donors (Lipinski definition) is 2. The van der Waals surface area contributed by atoms with Crippen LogP contribution in [0.4, 0.5) is 0 Å². The van der Waals surface area contributed by atoms with Crippen LogP contribution in [0.15, 0.2) is 24.3 Å². The largest absolute Gasteiger partial charge is 0.507 e. The Hall–Kier alpha value is -1.48. The Labute approximate surface area is 86.3 Å². The first-order valence-corrected chi connectivity index (χ1v) is 4.34. The Morgan fingerprint density at radius 1 is 1.50 bits per heavy atom. The smallest absolute Gasteiger partial charge is 0.307 e. The third kappa shape index (κ3) is 3.11. The number of carboxylic acid groups (broad SMARTS) is 1. The molecule has 0 saturated heterocycles. The molecule has 1 rings (SSSR count). The molecule has 0 radical (unpaired) electrons. The number of hydrogen-bond acceptors (Lipinski definition) is 2. The molecule has 0 saturated carbocycles. The molecule has 0 aliphatic heterocycles. The molecule has 2 N–H and O–H groups in total.